The van der Waals surface area contributed by atoms with Crippen molar-refractivity contribution in [3.8, 4) is 5.75 Å². The maximum absolute atomic E-state index is 5.66. The Kier molecular flexibility index (Phi) is 1.91. The molecule has 2 heterocycles. The fraction of sp³-hybridized carbons (Fsp3) is 0.545. The molecule has 2 aliphatic rings. The lowest BCUT2D eigenvalue weighted by Gasteiger charge is -2.13. The van der Waals surface area contributed by atoms with Gasteiger partial charge in [-0.1, -0.05) is 0 Å². The summed E-state index contributed by atoms with van der Waals surface area (Å²) >= 11 is 0. The monoisotopic (exact) mass is 190 g/mol. The van der Waals surface area contributed by atoms with Gasteiger partial charge < -0.3 is 10.1 Å². The highest BCUT2D eigenvalue weighted by molar-refractivity contribution is 5.17. The summed E-state index contributed by atoms with van der Waals surface area (Å²) < 4.78 is 5.66. The van der Waals surface area contributed by atoms with Gasteiger partial charge in [-0.25, -0.2) is 0 Å². The van der Waals surface area contributed by atoms with Gasteiger partial charge in [-0.15, -0.1) is 0 Å². The highest BCUT2D eigenvalue weighted by Gasteiger charge is 2.45. The van der Waals surface area contributed by atoms with E-state index in [-0.39, 0.29) is 0 Å². The fourth-order valence-electron chi connectivity index (χ4n) is 2.20. The lowest BCUT2D eigenvalue weighted by Crippen LogP contribution is -2.31. The second kappa shape index (κ2) is 3.24. The molecular formula is C11H14N2O. The summed E-state index contributed by atoms with van der Waals surface area (Å²) in [7, 11) is 0. The zero-order valence-corrected chi connectivity index (χ0v) is 8.02. The molecule has 14 heavy (non-hydrogen) atoms. The van der Waals surface area contributed by atoms with E-state index in [1.807, 2.05) is 12.1 Å². The number of ether oxygens (including phenoxy) is 1. The zero-order valence-electron chi connectivity index (χ0n) is 8.02. The molecule has 1 saturated carbocycles. The Balaban J connectivity index is 1.50. The van der Waals surface area contributed by atoms with Crippen LogP contribution in [0.15, 0.2) is 24.5 Å². The number of fused-ring (bicyclic) bond motifs is 1. The Morgan fingerprint density at radius 1 is 1.36 bits per heavy atom. The van der Waals surface area contributed by atoms with Gasteiger partial charge in [0.25, 0.3) is 0 Å². The summed E-state index contributed by atoms with van der Waals surface area (Å²) in [6.45, 7) is 0.789. The molecule has 3 nitrogen and oxygen atoms in total. The summed E-state index contributed by atoms with van der Waals surface area (Å²) in [6.07, 6.45) is 6.19. The number of rotatable bonds is 3. The molecule has 1 N–H and O–H groups in total. The molecule has 1 saturated heterocycles. The molecule has 0 radical (unpaired) electrons. The first-order chi connectivity index (χ1) is 6.92. The second-order valence-corrected chi connectivity index (χ2v) is 4.20. The Morgan fingerprint density at radius 3 is 2.93 bits per heavy atom. The Hall–Kier alpha value is -1.09. The Labute approximate surface area is 83.5 Å². The molecule has 0 spiro atoms. The van der Waals surface area contributed by atoms with Crippen molar-refractivity contribution in [3.63, 3.8) is 0 Å². The van der Waals surface area contributed by atoms with Crippen molar-refractivity contribution >= 4 is 0 Å². The summed E-state index contributed by atoms with van der Waals surface area (Å²) in [6, 6.07) is 5.17. The van der Waals surface area contributed by atoms with Gasteiger partial charge in [-0.2, -0.15) is 0 Å². The number of nitrogens with zero attached hydrogens (tertiary/aromatic N) is 1. The number of piperidine rings is 1. The van der Waals surface area contributed by atoms with Crippen molar-refractivity contribution in [3.05, 3.63) is 24.5 Å². The van der Waals surface area contributed by atoms with E-state index >= 15 is 0 Å². The molecule has 0 unspecified atom stereocenters. The minimum atomic E-state index is 0.562. The van der Waals surface area contributed by atoms with E-state index in [4.69, 9.17) is 4.74 Å². The predicted octanol–water partition coefficient (Wildman–Crippen LogP) is 1.21. The SMILES string of the molecule is c1cc(OC[C@@H]2C[C@H]3C[C@H]3N2)ccn1. The maximum atomic E-state index is 5.66. The van der Waals surface area contributed by atoms with Gasteiger partial charge in [0.05, 0.1) is 0 Å². The fourth-order valence-corrected chi connectivity index (χ4v) is 2.20. The van der Waals surface area contributed by atoms with E-state index < -0.39 is 0 Å². The van der Waals surface area contributed by atoms with Crippen molar-refractivity contribution in [2.45, 2.75) is 24.9 Å². The average molecular weight is 190 g/mol. The van der Waals surface area contributed by atoms with Crippen LogP contribution in [0.5, 0.6) is 5.75 Å². The van der Waals surface area contributed by atoms with Crippen LogP contribution >= 0.6 is 0 Å². The third-order valence-electron chi connectivity index (χ3n) is 3.06. The van der Waals surface area contributed by atoms with E-state index in [9.17, 15) is 0 Å². The smallest absolute Gasteiger partial charge is 0.122 e. The van der Waals surface area contributed by atoms with Gasteiger partial charge in [-0.05, 0) is 30.9 Å². The van der Waals surface area contributed by atoms with Crippen molar-refractivity contribution in [1.82, 2.24) is 10.3 Å². The summed E-state index contributed by atoms with van der Waals surface area (Å²) in [5.74, 6) is 1.86. The minimum Gasteiger partial charge on any atom is -0.492 e. The Morgan fingerprint density at radius 2 is 2.21 bits per heavy atom. The van der Waals surface area contributed by atoms with Gasteiger partial charge in [0.2, 0.25) is 0 Å². The van der Waals surface area contributed by atoms with Gasteiger partial charge in [-0.3, -0.25) is 4.98 Å². The van der Waals surface area contributed by atoms with Crippen molar-refractivity contribution in [2.24, 2.45) is 5.92 Å². The normalized spacial score (nSPS) is 33.9. The molecule has 3 heteroatoms. The van der Waals surface area contributed by atoms with Crippen molar-refractivity contribution in [2.75, 3.05) is 6.61 Å². The quantitative estimate of drug-likeness (QED) is 0.778. The molecule has 1 aliphatic heterocycles. The number of aromatic nitrogens is 1. The average Bonchev–Trinajstić information content (AvgIpc) is 2.85. The summed E-state index contributed by atoms with van der Waals surface area (Å²) in [5, 5.41) is 3.56. The highest BCUT2D eigenvalue weighted by Crippen LogP contribution is 2.40. The lowest BCUT2D eigenvalue weighted by atomic mass is 10.2. The molecular weight excluding hydrogens is 176 g/mol. The predicted molar refractivity (Wildman–Crippen MR) is 53.2 cm³/mol. The minimum absolute atomic E-state index is 0.562. The molecule has 1 aromatic rings. The van der Waals surface area contributed by atoms with E-state index in [0.717, 1.165) is 24.3 Å². The maximum Gasteiger partial charge on any atom is 0.122 e. The standard InChI is InChI=1S/C11H14N2O/c1-3-12-4-2-10(1)14-7-9-5-8-6-11(8)13-9/h1-4,8-9,11,13H,5-7H2/t8-,9-,11+/m0/s1. The zero-order chi connectivity index (χ0) is 9.38. The van der Waals surface area contributed by atoms with Crippen LogP contribution in [-0.2, 0) is 0 Å². The first-order valence-electron chi connectivity index (χ1n) is 5.21. The molecule has 0 aromatic carbocycles. The molecule has 74 valence electrons. The van der Waals surface area contributed by atoms with E-state index in [2.05, 4.69) is 10.3 Å². The number of pyridine rings is 1. The number of hydrogen-bond donors (Lipinski definition) is 1. The van der Waals surface area contributed by atoms with E-state index in [1.54, 1.807) is 12.4 Å². The van der Waals surface area contributed by atoms with Crippen LogP contribution in [0.25, 0.3) is 0 Å². The topological polar surface area (TPSA) is 34.1 Å². The molecule has 3 rings (SSSR count). The first-order valence-corrected chi connectivity index (χ1v) is 5.21. The second-order valence-electron chi connectivity index (χ2n) is 4.20. The first kappa shape index (κ1) is 8.24. The third kappa shape index (κ3) is 1.60. The molecule has 0 amide bonds. The summed E-state index contributed by atoms with van der Waals surface area (Å²) in [4.78, 5) is 3.95. The molecule has 3 atom stereocenters. The third-order valence-corrected chi connectivity index (χ3v) is 3.06. The van der Waals surface area contributed by atoms with Gasteiger partial charge in [0, 0.05) is 24.5 Å². The van der Waals surface area contributed by atoms with Crippen LogP contribution < -0.4 is 10.1 Å². The van der Waals surface area contributed by atoms with Crippen LogP contribution in [0.2, 0.25) is 0 Å². The van der Waals surface area contributed by atoms with Gasteiger partial charge in [0.1, 0.15) is 12.4 Å². The van der Waals surface area contributed by atoms with Crippen LogP contribution in [0, 0.1) is 5.92 Å². The van der Waals surface area contributed by atoms with Crippen LogP contribution in [0.3, 0.4) is 0 Å². The Bertz CT molecular complexity index is 304. The van der Waals surface area contributed by atoms with Gasteiger partial charge >= 0.3 is 0 Å². The van der Waals surface area contributed by atoms with E-state index in [1.165, 1.54) is 12.8 Å². The lowest BCUT2D eigenvalue weighted by molar-refractivity contribution is 0.268. The van der Waals surface area contributed by atoms with Crippen LogP contribution in [0.1, 0.15) is 12.8 Å². The molecule has 1 aliphatic carbocycles. The highest BCUT2D eigenvalue weighted by atomic mass is 16.5. The van der Waals surface area contributed by atoms with Crippen LogP contribution in [-0.4, -0.2) is 23.7 Å². The largest absolute Gasteiger partial charge is 0.492 e. The number of hydrogen-bond acceptors (Lipinski definition) is 3. The molecule has 2 fully saturated rings. The molecule has 1 aromatic heterocycles. The van der Waals surface area contributed by atoms with Crippen molar-refractivity contribution in [1.29, 1.82) is 0 Å². The van der Waals surface area contributed by atoms with Crippen LogP contribution in [0.4, 0.5) is 0 Å². The summed E-state index contributed by atoms with van der Waals surface area (Å²) in [5.41, 5.74) is 0. The van der Waals surface area contributed by atoms with E-state index in [0.29, 0.717) is 6.04 Å². The van der Waals surface area contributed by atoms with Gasteiger partial charge in [0.15, 0.2) is 0 Å². The molecule has 0 bridgehead atoms. The number of nitrogens with one attached hydrogen (secondary N) is 1. The van der Waals surface area contributed by atoms with Crippen molar-refractivity contribution < 1.29 is 4.74 Å².